The number of thiazole rings is 1. The summed E-state index contributed by atoms with van der Waals surface area (Å²) in [5.41, 5.74) is 7.63. The van der Waals surface area contributed by atoms with Gasteiger partial charge in [-0.3, -0.25) is 0 Å². The van der Waals surface area contributed by atoms with Gasteiger partial charge in [0.2, 0.25) is 5.95 Å². The molecule has 6 heteroatoms. The Bertz CT molecular complexity index is 526. The van der Waals surface area contributed by atoms with Crippen LogP contribution in [0, 0.1) is 6.92 Å². The maximum absolute atomic E-state index is 5.60. The molecule has 0 aromatic carbocycles. The number of nitrogens with zero attached hydrogens (tertiary/aromatic N) is 3. The highest BCUT2D eigenvalue weighted by molar-refractivity contribution is 7.13. The van der Waals surface area contributed by atoms with Crippen LogP contribution >= 0.6 is 11.3 Å². The van der Waals surface area contributed by atoms with E-state index >= 15 is 0 Å². The van der Waals surface area contributed by atoms with Crippen LogP contribution in [0.3, 0.4) is 0 Å². The second-order valence-corrected chi connectivity index (χ2v) is 5.09. The van der Waals surface area contributed by atoms with Crippen LogP contribution in [0.25, 0.3) is 0 Å². The number of hydrogen-bond acceptors (Lipinski definition) is 6. The van der Waals surface area contributed by atoms with E-state index in [1.165, 1.54) is 18.5 Å². The zero-order valence-electron chi connectivity index (χ0n) is 9.47. The molecule has 1 aliphatic rings. The van der Waals surface area contributed by atoms with Gasteiger partial charge in [0.15, 0.2) is 5.13 Å². The molecular weight excluding hydrogens is 234 g/mol. The van der Waals surface area contributed by atoms with Gasteiger partial charge < -0.3 is 11.1 Å². The summed E-state index contributed by atoms with van der Waals surface area (Å²) in [6.07, 6.45) is 2.53. The standard InChI is InChI=1S/C11H13N5S/c1-6-4-9(15-10(12)13-6)16-11-14-8(5-17-11)7-2-3-7/h4-5,7H,2-3H2,1H3,(H3,12,13,14,15,16). The number of nitrogen functional groups attached to an aromatic ring is 1. The SMILES string of the molecule is Cc1cc(Nc2nc(C3CC3)cs2)nc(N)n1. The van der Waals surface area contributed by atoms with E-state index in [1.807, 2.05) is 13.0 Å². The van der Waals surface area contributed by atoms with Gasteiger partial charge in [-0.15, -0.1) is 11.3 Å². The predicted octanol–water partition coefficient (Wildman–Crippen LogP) is 2.44. The molecule has 88 valence electrons. The van der Waals surface area contributed by atoms with Crippen molar-refractivity contribution in [2.75, 3.05) is 11.1 Å². The van der Waals surface area contributed by atoms with Gasteiger partial charge in [-0.05, 0) is 19.8 Å². The van der Waals surface area contributed by atoms with Crippen LogP contribution in [0.1, 0.15) is 30.1 Å². The van der Waals surface area contributed by atoms with Gasteiger partial charge in [0, 0.05) is 23.1 Å². The first-order valence-electron chi connectivity index (χ1n) is 5.54. The molecule has 0 aliphatic heterocycles. The molecule has 2 heterocycles. The molecule has 17 heavy (non-hydrogen) atoms. The van der Waals surface area contributed by atoms with Crippen LogP contribution in [-0.2, 0) is 0 Å². The third kappa shape index (κ3) is 2.36. The summed E-state index contributed by atoms with van der Waals surface area (Å²) in [5.74, 6) is 1.66. The lowest BCUT2D eigenvalue weighted by atomic mass is 10.3. The first kappa shape index (κ1) is 10.5. The number of anilines is 3. The van der Waals surface area contributed by atoms with Crippen molar-refractivity contribution < 1.29 is 0 Å². The van der Waals surface area contributed by atoms with E-state index in [9.17, 15) is 0 Å². The fourth-order valence-corrected chi connectivity index (χ4v) is 2.47. The first-order valence-corrected chi connectivity index (χ1v) is 6.42. The molecule has 3 N–H and O–H groups in total. The average Bonchev–Trinajstić information content (AvgIpc) is 2.99. The highest BCUT2D eigenvalue weighted by Crippen LogP contribution is 2.41. The Morgan fingerprint density at radius 1 is 1.35 bits per heavy atom. The molecule has 1 fully saturated rings. The van der Waals surface area contributed by atoms with E-state index in [4.69, 9.17) is 5.73 Å². The number of nitrogens with one attached hydrogen (secondary N) is 1. The Labute approximate surface area is 103 Å². The third-order valence-corrected chi connectivity index (χ3v) is 3.40. The van der Waals surface area contributed by atoms with E-state index in [2.05, 4.69) is 25.6 Å². The second kappa shape index (κ2) is 3.96. The van der Waals surface area contributed by atoms with Crippen molar-refractivity contribution in [1.82, 2.24) is 15.0 Å². The molecule has 3 rings (SSSR count). The quantitative estimate of drug-likeness (QED) is 0.871. The van der Waals surface area contributed by atoms with Crippen molar-refractivity contribution >= 4 is 28.2 Å². The number of hydrogen-bond donors (Lipinski definition) is 2. The molecule has 1 aliphatic carbocycles. The van der Waals surface area contributed by atoms with E-state index in [-0.39, 0.29) is 5.95 Å². The Morgan fingerprint density at radius 3 is 2.88 bits per heavy atom. The van der Waals surface area contributed by atoms with E-state index < -0.39 is 0 Å². The average molecular weight is 247 g/mol. The predicted molar refractivity (Wildman–Crippen MR) is 68.6 cm³/mol. The molecule has 0 spiro atoms. The molecule has 5 nitrogen and oxygen atoms in total. The topological polar surface area (TPSA) is 76.7 Å². The maximum atomic E-state index is 5.60. The van der Waals surface area contributed by atoms with Crippen molar-refractivity contribution in [3.8, 4) is 0 Å². The smallest absolute Gasteiger partial charge is 0.222 e. The summed E-state index contributed by atoms with van der Waals surface area (Å²) >= 11 is 1.60. The van der Waals surface area contributed by atoms with Gasteiger partial charge >= 0.3 is 0 Å². The zero-order chi connectivity index (χ0) is 11.8. The van der Waals surface area contributed by atoms with Gasteiger partial charge in [0.25, 0.3) is 0 Å². The number of rotatable bonds is 3. The maximum Gasteiger partial charge on any atom is 0.222 e. The van der Waals surface area contributed by atoms with Gasteiger partial charge in [-0.2, -0.15) is 4.98 Å². The van der Waals surface area contributed by atoms with Crippen LogP contribution in [-0.4, -0.2) is 15.0 Å². The van der Waals surface area contributed by atoms with Crippen molar-refractivity contribution in [1.29, 1.82) is 0 Å². The van der Waals surface area contributed by atoms with E-state index in [1.54, 1.807) is 11.3 Å². The number of aromatic nitrogens is 3. The first-order chi connectivity index (χ1) is 8.20. The molecule has 0 atom stereocenters. The largest absolute Gasteiger partial charge is 0.368 e. The molecule has 0 bridgehead atoms. The van der Waals surface area contributed by atoms with Crippen LogP contribution in [0.15, 0.2) is 11.4 Å². The van der Waals surface area contributed by atoms with Crippen molar-refractivity contribution in [3.05, 3.63) is 22.8 Å². The van der Waals surface area contributed by atoms with Gasteiger partial charge in [-0.1, -0.05) is 0 Å². The number of nitrogens with two attached hydrogens (primary N) is 1. The minimum absolute atomic E-state index is 0.284. The van der Waals surface area contributed by atoms with Crippen LogP contribution in [0.2, 0.25) is 0 Å². The summed E-state index contributed by atoms with van der Waals surface area (Å²) < 4.78 is 0. The van der Waals surface area contributed by atoms with Crippen molar-refractivity contribution in [2.24, 2.45) is 0 Å². The summed E-state index contributed by atoms with van der Waals surface area (Å²) in [6.45, 7) is 1.89. The Balaban J connectivity index is 1.80. The van der Waals surface area contributed by atoms with E-state index in [0.717, 1.165) is 10.8 Å². The van der Waals surface area contributed by atoms with Crippen LogP contribution in [0.4, 0.5) is 16.9 Å². The molecule has 1 saturated carbocycles. The highest BCUT2D eigenvalue weighted by atomic mass is 32.1. The second-order valence-electron chi connectivity index (χ2n) is 4.23. The fourth-order valence-electron chi connectivity index (χ4n) is 1.68. The molecule has 0 amide bonds. The minimum Gasteiger partial charge on any atom is -0.368 e. The highest BCUT2D eigenvalue weighted by Gasteiger charge is 2.26. The summed E-state index contributed by atoms with van der Waals surface area (Å²) in [6, 6.07) is 1.86. The lowest BCUT2D eigenvalue weighted by molar-refractivity contribution is 1.05. The third-order valence-electron chi connectivity index (χ3n) is 2.62. The Morgan fingerprint density at radius 2 is 2.18 bits per heavy atom. The minimum atomic E-state index is 0.284. The van der Waals surface area contributed by atoms with Gasteiger partial charge in [0.1, 0.15) is 5.82 Å². The lowest BCUT2D eigenvalue weighted by Gasteiger charge is -2.03. The van der Waals surface area contributed by atoms with E-state index in [0.29, 0.717) is 11.7 Å². The van der Waals surface area contributed by atoms with Gasteiger partial charge in [-0.25, -0.2) is 9.97 Å². The molecule has 2 aromatic heterocycles. The molecule has 0 radical (unpaired) electrons. The van der Waals surface area contributed by atoms with Crippen molar-refractivity contribution in [2.45, 2.75) is 25.7 Å². The van der Waals surface area contributed by atoms with Gasteiger partial charge in [0.05, 0.1) is 5.69 Å². The Hall–Kier alpha value is -1.69. The molecular formula is C11H13N5S. The zero-order valence-corrected chi connectivity index (χ0v) is 10.3. The summed E-state index contributed by atoms with van der Waals surface area (Å²) in [5, 5.41) is 6.14. The normalized spacial score (nSPS) is 14.9. The van der Waals surface area contributed by atoms with Crippen LogP contribution in [0.5, 0.6) is 0 Å². The van der Waals surface area contributed by atoms with Crippen molar-refractivity contribution in [3.63, 3.8) is 0 Å². The molecule has 0 saturated heterocycles. The number of aryl methyl sites for hydroxylation is 1. The Kier molecular flexibility index (Phi) is 2.44. The summed E-state index contributed by atoms with van der Waals surface area (Å²) in [7, 11) is 0. The fraction of sp³-hybridized carbons (Fsp3) is 0.364. The summed E-state index contributed by atoms with van der Waals surface area (Å²) in [4.78, 5) is 12.7. The monoisotopic (exact) mass is 247 g/mol. The lowest BCUT2D eigenvalue weighted by Crippen LogP contribution is -2.01. The molecule has 0 unspecified atom stereocenters. The molecule has 2 aromatic rings. The van der Waals surface area contributed by atoms with Crippen LogP contribution < -0.4 is 11.1 Å².